The van der Waals surface area contributed by atoms with Gasteiger partial charge in [-0.05, 0) is 35.9 Å². The third-order valence-corrected chi connectivity index (χ3v) is 6.18. The highest BCUT2D eigenvalue weighted by atomic mass is 19.1. The summed E-state index contributed by atoms with van der Waals surface area (Å²) < 4.78 is 14.3. The maximum atomic E-state index is 14.3. The molecule has 1 fully saturated rings. The standard InChI is InChI=1S/C24H20FN3O3/c25-18-9-3-1-7-16(18)24(31)27-13-20-22(17-8-2-4-10-19(17)27)21(14-29)28(20)23(30)15-6-5-11-26-12-15/h1-12,20-22,29H,13-14H2/t20-,21+,22+/m1/s1. The van der Waals surface area contributed by atoms with Crippen molar-refractivity contribution >= 4 is 17.5 Å². The van der Waals surface area contributed by atoms with Crippen LogP contribution in [0.1, 0.15) is 32.2 Å². The van der Waals surface area contributed by atoms with E-state index < -0.39 is 17.8 Å². The first-order valence-corrected chi connectivity index (χ1v) is 10.1. The number of carbonyl (C=O) groups excluding carboxylic acids is 2. The third-order valence-electron chi connectivity index (χ3n) is 6.18. The van der Waals surface area contributed by atoms with Crippen molar-refractivity contribution in [2.75, 3.05) is 18.1 Å². The normalized spacial score (nSPS) is 21.7. The van der Waals surface area contributed by atoms with Gasteiger partial charge in [0.2, 0.25) is 0 Å². The maximum Gasteiger partial charge on any atom is 0.261 e. The number of hydrogen-bond donors (Lipinski definition) is 1. The lowest BCUT2D eigenvalue weighted by Crippen LogP contribution is -2.70. The van der Waals surface area contributed by atoms with Crippen molar-refractivity contribution in [2.45, 2.75) is 18.0 Å². The van der Waals surface area contributed by atoms with Crippen LogP contribution in [0.2, 0.25) is 0 Å². The van der Waals surface area contributed by atoms with Gasteiger partial charge in [0.15, 0.2) is 0 Å². The van der Waals surface area contributed by atoms with Crippen LogP contribution < -0.4 is 4.90 Å². The lowest BCUT2D eigenvalue weighted by Gasteiger charge is -2.58. The van der Waals surface area contributed by atoms with E-state index >= 15 is 0 Å². The number of benzene rings is 2. The Labute approximate surface area is 178 Å². The topological polar surface area (TPSA) is 73.7 Å². The predicted molar refractivity (Wildman–Crippen MR) is 112 cm³/mol. The van der Waals surface area contributed by atoms with E-state index in [9.17, 15) is 19.1 Å². The van der Waals surface area contributed by atoms with E-state index in [1.54, 1.807) is 35.4 Å². The molecule has 0 unspecified atom stereocenters. The second kappa shape index (κ2) is 7.59. The number of aromatic nitrogens is 1. The van der Waals surface area contributed by atoms with E-state index in [1.165, 1.54) is 23.2 Å². The quantitative estimate of drug-likeness (QED) is 0.711. The molecule has 5 rings (SSSR count). The molecule has 1 aromatic heterocycles. The van der Waals surface area contributed by atoms with Crippen LogP contribution in [0.5, 0.6) is 0 Å². The molecule has 3 aromatic rings. The van der Waals surface area contributed by atoms with E-state index in [4.69, 9.17) is 0 Å². The maximum absolute atomic E-state index is 14.3. The highest BCUT2D eigenvalue weighted by Crippen LogP contribution is 2.48. The Hall–Kier alpha value is -3.58. The number of halogens is 1. The molecule has 0 aliphatic carbocycles. The fourth-order valence-corrected chi connectivity index (χ4v) is 4.78. The van der Waals surface area contributed by atoms with Crippen LogP contribution >= 0.6 is 0 Å². The summed E-state index contributed by atoms with van der Waals surface area (Å²) in [6.45, 7) is 0.0279. The van der Waals surface area contributed by atoms with Gasteiger partial charge in [0.05, 0.1) is 29.8 Å². The smallest absolute Gasteiger partial charge is 0.261 e. The minimum atomic E-state index is -0.586. The lowest BCUT2D eigenvalue weighted by molar-refractivity contribution is -0.0246. The first-order chi connectivity index (χ1) is 15.1. The summed E-state index contributed by atoms with van der Waals surface area (Å²) in [6, 6.07) is 15.9. The number of para-hydroxylation sites is 1. The third kappa shape index (κ3) is 3.00. The highest BCUT2D eigenvalue weighted by Gasteiger charge is 2.55. The summed E-state index contributed by atoms with van der Waals surface area (Å²) >= 11 is 0. The second-order valence-corrected chi connectivity index (χ2v) is 7.75. The number of fused-ring (bicyclic) bond motifs is 3. The molecule has 7 heteroatoms. The van der Waals surface area contributed by atoms with E-state index in [0.29, 0.717) is 11.3 Å². The van der Waals surface area contributed by atoms with Crippen molar-refractivity contribution in [3.8, 4) is 0 Å². The largest absolute Gasteiger partial charge is 0.394 e. The number of aliphatic hydroxyl groups is 1. The second-order valence-electron chi connectivity index (χ2n) is 7.75. The lowest BCUT2D eigenvalue weighted by atomic mass is 9.71. The Balaban J connectivity index is 1.55. The average molecular weight is 417 g/mol. The molecule has 0 bridgehead atoms. The zero-order valence-electron chi connectivity index (χ0n) is 16.6. The van der Waals surface area contributed by atoms with Crippen molar-refractivity contribution in [3.05, 3.63) is 95.6 Å². The number of pyridine rings is 1. The average Bonchev–Trinajstić information content (AvgIpc) is 2.80. The van der Waals surface area contributed by atoms with E-state index in [0.717, 1.165) is 5.56 Å². The minimum absolute atomic E-state index is 0.0149. The van der Waals surface area contributed by atoms with Crippen LogP contribution in [0, 0.1) is 5.82 Å². The van der Waals surface area contributed by atoms with Crippen LogP contribution in [-0.2, 0) is 0 Å². The van der Waals surface area contributed by atoms with Gasteiger partial charge in [-0.25, -0.2) is 4.39 Å². The van der Waals surface area contributed by atoms with Gasteiger partial charge >= 0.3 is 0 Å². The molecule has 2 aliphatic heterocycles. The molecule has 2 aliphatic rings. The summed E-state index contributed by atoms with van der Waals surface area (Å²) in [4.78, 5) is 33.6. The number of rotatable bonds is 3. The molecule has 6 nitrogen and oxygen atoms in total. The van der Waals surface area contributed by atoms with Gasteiger partial charge in [0.1, 0.15) is 5.82 Å². The number of amides is 2. The molecule has 3 atom stereocenters. The minimum Gasteiger partial charge on any atom is -0.394 e. The molecule has 0 saturated carbocycles. The van der Waals surface area contributed by atoms with E-state index in [-0.39, 0.29) is 36.6 Å². The van der Waals surface area contributed by atoms with Gasteiger partial charge < -0.3 is 14.9 Å². The fourth-order valence-electron chi connectivity index (χ4n) is 4.78. The number of carbonyl (C=O) groups is 2. The molecule has 0 spiro atoms. The number of likely N-dealkylation sites (tertiary alicyclic amines) is 1. The molecule has 3 heterocycles. The van der Waals surface area contributed by atoms with Crippen LogP contribution in [0.15, 0.2) is 73.1 Å². The Morgan fingerprint density at radius 3 is 2.55 bits per heavy atom. The molecule has 2 amide bonds. The van der Waals surface area contributed by atoms with E-state index in [2.05, 4.69) is 4.98 Å². The van der Waals surface area contributed by atoms with Crippen LogP contribution in [0.4, 0.5) is 10.1 Å². The summed E-state index contributed by atoms with van der Waals surface area (Å²) in [7, 11) is 0. The molecule has 1 saturated heterocycles. The van der Waals surface area contributed by atoms with Gasteiger partial charge in [0.25, 0.3) is 11.8 Å². The molecular weight excluding hydrogens is 397 g/mol. The predicted octanol–water partition coefficient (Wildman–Crippen LogP) is 2.85. The fraction of sp³-hybridized carbons (Fsp3) is 0.208. The molecular formula is C24H20FN3O3. The molecule has 156 valence electrons. The van der Waals surface area contributed by atoms with Gasteiger partial charge in [-0.15, -0.1) is 0 Å². The zero-order chi connectivity index (χ0) is 21.5. The van der Waals surface area contributed by atoms with Crippen LogP contribution in [0.25, 0.3) is 0 Å². The van der Waals surface area contributed by atoms with Crippen molar-refractivity contribution in [1.82, 2.24) is 9.88 Å². The molecule has 0 radical (unpaired) electrons. The number of hydrogen-bond acceptors (Lipinski definition) is 4. The van der Waals surface area contributed by atoms with Crippen molar-refractivity contribution < 1.29 is 19.1 Å². The number of anilines is 1. The SMILES string of the molecule is O=C(c1ccccc1F)N1C[C@@H]2[C@H](c3ccccc31)[C@H](CO)N2C(=O)c1cccnc1. The summed E-state index contributed by atoms with van der Waals surface area (Å²) in [6.07, 6.45) is 3.08. The molecule has 31 heavy (non-hydrogen) atoms. The van der Waals surface area contributed by atoms with Gasteiger partial charge in [-0.1, -0.05) is 30.3 Å². The molecule has 2 aromatic carbocycles. The van der Waals surface area contributed by atoms with Crippen molar-refractivity contribution in [3.63, 3.8) is 0 Å². The van der Waals surface area contributed by atoms with Gasteiger partial charge in [-0.3, -0.25) is 14.6 Å². The zero-order valence-corrected chi connectivity index (χ0v) is 16.6. The molecule has 1 N–H and O–H groups in total. The summed E-state index contributed by atoms with van der Waals surface area (Å²) in [5, 5.41) is 10.1. The van der Waals surface area contributed by atoms with Gasteiger partial charge in [-0.2, -0.15) is 0 Å². The Kier molecular flexibility index (Phi) is 4.75. The Morgan fingerprint density at radius 2 is 1.81 bits per heavy atom. The summed E-state index contributed by atoms with van der Waals surface area (Å²) in [5.41, 5.74) is 1.96. The van der Waals surface area contributed by atoms with Gasteiger partial charge in [0, 0.05) is 30.5 Å². The van der Waals surface area contributed by atoms with Crippen molar-refractivity contribution in [2.24, 2.45) is 0 Å². The monoisotopic (exact) mass is 417 g/mol. The van der Waals surface area contributed by atoms with Crippen molar-refractivity contribution in [1.29, 1.82) is 0 Å². The summed E-state index contributed by atoms with van der Waals surface area (Å²) in [5.74, 6) is -1.39. The van der Waals surface area contributed by atoms with E-state index in [1.807, 2.05) is 24.3 Å². The first-order valence-electron chi connectivity index (χ1n) is 10.1. The number of nitrogens with zero attached hydrogens (tertiary/aromatic N) is 3. The van der Waals surface area contributed by atoms with Crippen LogP contribution in [0.3, 0.4) is 0 Å². The number of aliphatic hydroxyl groups excluding tert-OH is 1. The van der Waals surface area contributed by atoms with Crippen LogP contribution in [-0.4, -0.2) is 52.0 Å². The first kappa shape index (κ1) is 19.4. The Bertz CT molecular complexity index is 1150. The Morgan fingerprint density at radius 1 is 1.03 bits per heavy atom. The highest BCUT2D eigenvalue weighted by molar-refractivity contribution is 6.07.